The van der Waals surface area contributed by atoms with Gasteiger partial charge in [-0.15, -0.1) is 0 Å². The number of sulfonamides is 1. The Morgan fingerprint density at radius 1 is 1.04 bits per heavy atom. The first-order chi connectivity index (χ1) is 13.2. The monoisotopic (exact) mass is 399 g/mol. The molecule has 0 aliphatic heterocycles. The quantitative estimate of drug-likeness (QED) is 0.712. The molecule has 0 saturated heterocycles. The lowest BCUT2D eigenvalue weighted by molar-refractivity contribution is 0.0976. The molecule has 28 heavy (non-hydrogen) atoms. The maximum Gasteiger partial charge on any atom is 0.285 e. The summed E-state index contributed by atoms with van der Waals surface area (Å²) in [5.41, 5.74) is 3.42. The summed E-state index contributed by atoms with van der Waals surface area (Å²) in [5.74, 6) is -0.216. The van der Waals surface area contributed by atoms with E-state index in [1.165, 1.54) is 22.9 Å². The van der Waals surface area contributed by atoms with Crippen LogP contribution < -0.4 is 9.46 Å². The van der Waals surface area contributed by atoms with Crippen molar-refractivity contribution in [2.24, 2.45) is 0 Å². The number of hydrogen-bond acceptors (Lipinski definition) is 5. The third kappa shape index (κ3) is 3.91. The van der Waals surface area contributed by atoms with Gasteiger partial charge in [0.1, 0.15) is 11.4 Å². The number of rotatable bonds is 5. The minimum Gasteiger partial charge on any atom is -0.494 e. The minimum absolute atomic E-state index is 0.0176. The second kappa shape index (κ2) is 7.47. The van der Waals surface area contributed by atoms with Crippen LogP contribution in [0.3, 0.4) is 0 Å². The Morgan fingerprint density at radius 2 is 1.79 bits per heavy atom. The number of nitrogens with zero attached hydrogens (tertiary/aromatic N) is 2. The van der Waals surface area contributed by atoms with E-state index in [1.807, 2.05) is 32.9 Å². The van der Waals surface area contributed by atoms with Gasteiger partial charge in [-0.2, -0.15) is 5.10 Å². The van der Waals surface area contributed by atoms with Crippen molar-refractivity contribution in [2.75, 3.05) is 7.11 Å². The summed E-state index contributed by atoms with van der Waals surface area (Å²) in [6, 6.07) is 11.7. The number of nitrogens with one attached hydrogen (secondary N) is 1. The fourth-order valence-corrected chi connectivity index (χ4v) is 3.72. The zero-order valence-electron chi connectivity index (χ0n) is 16.1. The summed E-state index contributed by atoms with van der Waals surface area (Å²) in [7, 11) is -2.45. The van der Waals surface area contributed by atoms with Crippen LogP contribution in [0.5, 0.6) is 5.75 Å². The standard InChI is InChI=1S/C20H21N3O4S/c1-13-5-8-19(27-4)18(11-13)23-10-9-17(21-23)20(24)22-28(25,26)16-7-6-14(2)15(3)12-16/h5-12H,1-4H3,(H,22,24). The van der Waals surface area contributed by atoms with E-state index in [1.54, 1.807) is 25.4 Å². The molecule has 0 spiro atoms. The van der Waals surface area contributed by atoms with Gasteiger partial charge >= 0.3 is 0 Å². The summed E-state index contributed by atoms with van der Waals surface area (Å²) in [5, 5.41) is 4.20. The first-order valence-electron chi connectivity index (χ1n) is 8.56. The maximum absolute atomic E-state index is 12.5. The molecule has 146 valence electrons. The van der Waals surface area contributed by atoms with Crippen LogP contribution in [0, 0.1) is 20.8 Å². The highest BCUT2D eigenvalue weighted by Crippen LogP contribution is 2.23. The van der Waals surface area contributed by atoms with E-state index >= 15 is 0 Å². The van der Waals surface area contributed by atoms with Crippen LogP contribution in [-0.2, 0) is 10.0 Å². The van der Waals surface area contributed by atoms with Crippen molar-refractivity contribution in [3.05, 3.63) is 71.0 Å². The minimum atomic E-state index is -4.00. The predicted octanol–water partition coefficient (Wildman–Crippen LogP) is 2.92. The van der Waals surface area contributed by atoms with Crippen LogP contribution in [0.1, 0.15) is 27.2 Å². The van der Waals surface area contributed by atoms with Crippen LogP contribution >= 0.6 is 0 Å². The van der Waals surface area contributed by atoms with Crippen molar-refractivity contribution in [1.82, 2.24) is 14.5 Å². The summed E-state index contributed by atoms with van der Waals surface area (Å²) in [6.45, 7) is 5.62. The summed E-state index contributed by atoms with van der Waals surface area (Å²) >= 11 is 0. The van der Waals surface area contributed by atoms with Gasteiger partial charge in [-0.05, 0) is 67.8 Å². The number of aryl methyl sites for hydroxylation is 3. The van der Waals surface area contributed by atoms with Crippen molar-refractivity contribution in [3.8, 4) is 11.4 Å². The van der Waals surface area contributed by atoms with Crippen molar-refractivity contribution >= 4 is 15.9 Å². The molecule has 8 heteroatoms. The molecule has 0 bridgehead atoms. The number of hydrogen-bond donors (Lipinski definition) is 1. The lowest BCUT2D eigenvalue weighted by Crippen LogP contribution is -2.31. The highest BCUT2D eigenvalue weighted by Gasteiger charge is 2.21. The molecule has 2 aromatic carbocycles. The van der Waals surface area contributed by atoms with E-state index < -0.39 is 15.9 Å². The first-order valence-corrected chi connectivity index (χ1v) is 10.0. The van der Waals surface area contributed by atoms with E-state index in [9.17, 15) is 13.2 Å². The second-order valence-corrected chi connectivity index (χ2v) is 8.18. The highest BCUT2D eigenvalue weighted by molar-refractivity contribution is 7.90. The number of amides is 1. The zero-order valence-corrected chi connectivity index (χ0v) is 16.9. The first kappa shape index (κ1) is 19.6. The van der Waals surface area contributed by atoms with Crippen LogP contribution in [0.4, 0.5) is 0 Å². The number of ether oxygens (including phenoxy) is 1. The molecule has 0 aliphatic carbocycles. The van der Waals surface area contributed by atoms with Crippen molar-refractivity contribution in [3.63, 3.8) is 0 Å². The van der Waals surface area contributed by atoms with Gasteiger partial charge in [0.15, 0.2) is 5.69 Å². The molecule has 0 unspecified atom stereocenters. The van der Waals surface area contributed by atoms with Gasteiger partial charge in [-0.25, -0.2) is 17.8 Å². The Bertz CT molecular complexity index is 1150. The Kier molecular flexibility index (Phi) is 5.24. The lowest BCUT2D eigenvalue weighted by atomic mass is 10.1. The van der Waals surface area contributed by atoms with Crippen molar-refractivity contribution < 1.29 is 17.9 Å². The van der Waals surface area contributed by atoms with E-state index in [0.29, 0.717) is 11.4 Å². The third-order valence-corrected chi connectivity index (χ3v) is 5.75. The van der Waals surface area contributed by atoms with Gasteiger partial charge in [-0.3, -0.25) is 4.79 Å². The number of carbonyl (C=O) groups excluding carboxylic acids is 1. The molecule has 7 nitrogen and oxygen atoms in total. The molecule has 3 aromatic rings. The Hall–Kier alpha value is -3.13. The highest BCUT2D eigenvalue weighted by atomic mass is 32.2. The molecule has 1 aromatic heterocycles. The van der Waals surface area contributed by atoms with E-state index in [2.05, 4.69) is 9.82 Å². The van der Waals surface area contributed by atoms with Gasteiger partial charge in [0.05, 0.1) is 12.0 Å². The van der Waals surface area contributed by atoms with Crippen LogP contribution in [0.2, 0.25) is 0 Å². The Labute approximate surface area is 164 Å². The molecule has 1 N–H and O–H groups in total. The predicted molar refractivity (Wildman–Crippen MR) is 105 cm³/mol. The zero-order chi connectivity index (χ0) is 20.5. The fourth-order valence-electron chi connectivity index (χ4n) is 2.67. The lowest BCUT2D eigenvalue weighted by Gasteiger charge is -2.09. The maximum atomic E-state index is 12.5. The van der Waals surface area contributed by atoms with Crippen LogP contribution in [0.15, 0.2) is 53.6 Å². The number of benzene rings is 2. The molecule has 0 fully saturated rings. The van der Waals surface area contributed by atoms with Gasteiger partial charge in [0.2, 0.25) is 0 Å². The van der Waals surface area contributed by atoms with Crippen molar-refractivity contribution in [2.45, 2.75) is 25.7 Å². The van der Waals surface area contributed by atoms with E-state index in [-0.39, 0.29) is 10.6 Å². The smallest absolute Gasteiger partial charge is 0.285 e. The Morgan fingerprint density at radius 3 is 2.46 bits per heavy atom. The summed E-state index contributed by atoms with van der Waals surface area (Å²) in [4.78, 5) is 12.5. The molecular weight excluding hydrogens is 378 g/mol. The van der Waals surface area contributed by atoms with Gasteiger partial charge < -0.3 is 4.74 Å². The average molecular weight is 399 g/mol. The Balaban J connectivity index is 1.87. The average Bonchev–Trinajstić information content (AvgIpc) is 3.13. The molecule has 3 rings (SSSR count). The summed E-state index contributed by atoms with van der Waals surface area (Å²) < 4.78 is 33.9. The molecule has 0 aliphatic rings. The van der Waals surface area contributed by atoms with Crippen LogP contribution in [-0.4, -0.2) is 31.2 Å². The number of methoxy groups -OCH3 is 1. The molecular formula is C20H21N3O4S. The van der Waals surface area contributed by atoms with E-state index in [4.69, 9.17) is 4.74 Å². The van der Waals surface area contributed by atoms with Gasteiger partial charge in [0.25, 0.3) is 15.9 Å². The van der Waals surface area contributed by atoms with Crippen LogP contribution in [0.25, 0.3) is 5.69 Å². The molecule has 1 heterocycles. The largest absolute Gasteiger partial charge is 0.494 e. The topological polar surface area (TPSA) is 90.3 Å². The SMILES string of the molecule is COc1ccc(C)cc1-n1ccc(C(=O)NS(=O)(=O)c2ccc(C)c(C)c2)n1. The number of carbonyl (C=O) groups is 1. The summed E-state index contributed by atoms with van der Waals surface area (Å²) in [6.07, 6.45) is 1.58. The molecule has 1 amide bonds. The van der Waals surface area contributed by atoms with Gasteiger partial charge in [-0.1, -0.05) is 12.1 Å². The third-order valence-electron chi connectivity index (χ3n) is 4.42. The molecule has 0 radical (unpaired) electrons. The van der Waals surface area contributed by atoms with Gasteiger partial charge in [0, 0.05) is 6.20 Å². The number of aromatic nitrogens is 2. The normalized spacial score (nSPS) is 11.3. The van der Waals surface area contributed by atoms with E-state index in [0.717, 1.165) is 16.7 Å². The fraction of sp³-hybridized carbons (Fsp3) is 0.200. The van der Waals surface area contributed by atoms with Crippen molar-refractivity contribution in [1.29, 1.82) is 0 Å². The second-order valence-electron chi connectivity index (χ2n) is 6.50. The molecule has 0 atom stereocenters. The molecule has 0 saturated carbocycles.